The summed E-state index contributed by atoms with van der Waals surface area (Å²) in [6.45, 7) is 0. The molecular weight excluding hydrogens is 271 g/mol. The molecule has 0 radical (unpaired) electrons. The van der Waals surface area contributed by atoms with E-state index in [0.29, 0.717) is 21.5 Å². The lowest BCUT2D eigenvalue weighted by Gasteiger charge is -2.11. The van der Waals surface area contributed by atoms with Crippen molar-refractivity contribution in [3.8, 4) is 5.75 Å². The third-order valence-corrected chi connectivity index (χ3v) is 2.84. The average Bonchev–Trinajstić information content (AvgIpc) is 2.30. The summed E-state index contributed by atoms with van der Waals surface area (Å²) in [6.07, 6.45) is 0. The summed E-state index contributed by atoms with van der Waals surface area (Å²) in [5.41, 5.74) is 8.05. The second-order valence-corrected chi connectivity index (χ2v) is 4.61. The number of methoxy groups -OCH3 is 1. The number of rotatable bonds is 3. The summed E-state index contributed by atoms with van der Waals surface area (Å²) < 4.78 is 5.09. The number of benzene rings is 2. The van der Waals surface area contributed by atoms with E-state index >= 15 is 0 Å². The number of halogens is 2. The minimum absolute atomic E-state index is 0.567. The second-order valence-electron chi connectivity index (χ2n) is 3.74. The van der Waals surface area contributed by atoms with Gasteiger partial charge >= 0.3 is 0 Å². The van der Waals surface area contributed by atoms with Crippen molar-refractivity contribution >= 4 is 40.3 Å². The lowest BCUT2D eigenvalue weighted by molar-refractivity contribution is 0.415. The van der Waals surface area contributed by atoms with Gasteiger partial charge in [-0.25, -0.2) is 0 Å². The minimum Gasteiger partial charge on any atom is -0.497 e. The number of nitrogen functional groups attached to an aromatic ring is 1. The molecular formula is C13H12Cl2N2O. The number of ether oxygens (including phenoxy) is 1. The molecule has 3 N–H and O–H groups in total. The molecule has 0 saturated carbocycles. The van der Waals surface area contributed by atoms with E-state index in [1.165, 1.54) is 0 Å². The maximum Gasteiger partial charge on any atom is 0.121 e. The SMILES string of the molecule is COc1ccc(Nc2cc(Cl)cc(Cl)c2)c(N)c1. The Morgan fingerprint density at radius 1 is 1.06 bits per heavy atom. The normalized spacial score (nSPS) is 10.2. The zero-order valence-electron chi connectivity index (χ0n) is 9.71. The Hall–Kier alpha value is -1.58. The predicted molar refractivity (Wildman–Crippen MR) is 77.2 cm³/mol. The van der Waals surface area contributed by atoms with Gasteiger partial charge in [0.25, 0.3) is 0 Å². The maximum absolute atomic E-state index is 5.93. The molecule has 0 fully saturated rings. The van der Waals surface area contributed by atoms with Crippen LogP contribution in [-0.4, -0.2) is 7.11 Å². The standard InChI is InChI=1S/C13H12Cl2N2O/c1-18-11-2-3-13(12(16)7-11)17-10-5-8(14)4-9(15)6-10/h2-7,17H,16H2,1H3. The first-order valence-electron chi connectivity index (χ1n) is 5.25. The van der Waals surface area contributed by atoms with Crippen LogP contribution in [0, 0.1) is 0 Å². The van der Waals surface area contributed by atoms with Crippen LogP contribution in [0.3, 0.4) is 0 Å². The van der Waals surface area contributed by atoms with Crippen molar-refractivity contribution in [1.82, 2.24) is 0 Å². The van der Waals surface area contributed by atoms with E-state index in [1.54, 1.807) is 31.4 Å². The van der Waals surface area contributed by atoms with E-state index in [9.17, 15) is 0 Å². The third kappa shape index (κ3) is 3.00. The van der Waals surface area contributed by atoms with Crippen molar-refractivity contribution < 1.29 is 4.74 Å². The molecule has 2 aromatic rings. The van der Waals surface area contributed by atoms with E-state index in [2.05, 4.69) is 5.32 Å². The van der Waals surface area contributed by atoms with Gasteiger partial charge in [0.1, 0.15) is 5.75 Å². The molecule has 0 atom stereocenters. The zero-order valence-corrected chi connectivity index (χ0v) is 11.2. The van der Waals surface area contributed by atoms with Gasteiger partial charge in [0.05, 0.1) is 18.5 Å². The molecule has 0 bridgehead atoms. The fraction of sp³-hybridized carbons (Fsp3) is 0.0769. The summed E-state index contributed by atoms with van der Waals surface area (Å²) >= 11 is 11.9. The largest absolute Gasteiger partial charge is 0.497 e. The highest BCUT2D eigenvalue weighted by atomic mass is 35.5. The molecule has 0 aliphatic carbocycles. The van der Waals surface area contributed by atoms with Crippen LogP contribution in [0.4, 0.5) is 17.1 Å². The van der Waals surface area contributed by atoms with Crippen molar-refractivity contribution in [2.24, 2.45) is 0 Å². The predicted octanol–water partition coefficient (Wildman–Crippen LogP) is 4.33. The van der Waals surface area contributed by atoms with Crippen LogP contribution >= 0.6 is 23.2 Å². The van der Waals surface area contributed by atoms with Gasteiger partial charge in [-0.2, -0.15) is 0 Å². The molecule has 2 aromatic carbocycles. The van der Waals surface area contributed by atoms with Gasteiger partial charge in [-0.05, 0) is 30.3 Å². The van der Waals surface area contributed by atoms with E-state index in [-0.39, 0.29) is 0 Å². The second kappa shape index (κ2) is 5.38. The molecule has 0 saturated heterocycles. The van der Waals surface area contributed by atoms with Crippen molar-refractivity contribution in [2.75, 3.05) is 18.2 Å². The monoisotopic (exact) mass is 282 g/mol. The van der Waals surface area contributed by atoms with E-state index in [1.807, 2.05) is 12.1 Å². The van der Waals surface area contributed by atoms with Crippen LogP contribution in [0.25, 0.3) is 0 Å². The molecule has 5 heteroatoms. The average molecular weight is 283 g/mol. The molecule has 3 nitrogen and oxygen atoms in total. The van der Waals surface area contributed by atoms with E-state index in [0.717, 1.165) is 11.4 Å². The Kier molecular flexibility index (Phi) is 3.84. The van der Waals surface area contributed by atoms with Gasteiger partial charge in [0.2, 0.25) is 0 Å². The summed E-state index contributed by atoms with van der Waals surface area (Å²) in [5.74, 6) is 0.710. The highest BCUT2D eigenvalue weighted by molar-refractivity contribution is 6.35. The molecule has 0 aromatic heterocycles. The van der Waals surface area contributed by atoms with Crippen molar-refractivity contribution in [3.05, 3.63) is 46.4 Å². The first-order chi connectivity index (χ1) is 8.58. The van der Waals surface area contributed by atoms with Crippen LogP contribution in [0.1, 0.15) is 0 Å². The zero-order chi connectivity index (χ0) is 13.1. The number of nitrogens with one attached hydrogen (secondary N) is 1. The molecule has 18 heavy (non-hydrogen) atoms. The molecule has 0 heterocycles. The Bertz CT molecular complexity index is 553. The molecule has 0 unspecified atom stereocenters. The van der Waals surface area contributed by atoms with Gasteiger partial charge in [-0.3, -0.25) is 0 Å². The molecule has 0 amide bonds. The van der Waals surface area contributed by atoms with E-state index < -0.39 is 0 Å². The molecule has 0 spiro atoms. The Balaban J connectivity index is 2.28. The van der Waals surface area contributed by atoms with Gasteiger partial charge < -0.3 is 15.8 Å². The molecule has 0 aliphatic rings. The third-order valence-electron chi connectivity index (χ3n) is 2.40. The number of nitrogens with two attached hydrogens (primary N) is 1. The maximum atomic E-state index is 5.93. The number of hydrogen-bond acceptors (Lipinski definition) is 3. The topological polar surface area (TPSA) is 47.3 Å². The highest BCUT2D eigenvalue weighted by Gasteiger charge is 2.03. The smallest absolute Gasteiger partial charge is 0.121 e. The summed E-state index contributed by atoms with van der Waals surface area (Å²) in [4.78, 5) is 0. The highest BCUT2D eigenvalue weighted by Crippen LogP contribution is 2.29. The van der Waals surface area contributed by atoms with Crippen molar-refractivity contribution in [1.29, 1.82) is 0 Å². The molecule has 0 aliphatic heterocycles. The lowest BCUT2D eigenvalue weighted by Crippen LogP contribution is -1.97. The first-order valence-corrected chi connectivity index (χ1v) is 6.01. The fourth-order valence-electron chi connectivity index (χ4n) is 1.56. The summed E-state index contributed by atoms with van der Waals surface area (Å²) in [7, 11) is 1.60. The number of hydrogen-bond donors (Lipinski definition) is 2. The Morgan fingerprint density at radius 3 is 2.28 bits per heavy atom. The van der Waals surface area contributed by atoms with Crippen molar-refractivity contribution in [3.63, 3.8) is 0 Å². The van der Waals surface area contributed by atoms with Crippen LogP contribution in [0.5, 0.6) is 5.75 Å². The van der Waals surface area contributed by atoms with Crippen LogP contribution in [0.2, 0.25) is 10.0 Å². The van der Waals surface area contributed by atoms with Gasteiger partial charge in [0, 0.05) is 21.8 Å². The first kappa shape index (κ1) is 12.9. The van der Waals surface area contributed by atoms with Crippen molar-refractivity contribution in [2.45, 2.75) is 0 Å². The Labute approximate surface area is 115 Å². The molecule has 2 rings (SSSR count). The van der Waals surface area contributed by atoms with Gasteiger partial charge in [-0.1, -0.05) is 23.2 Å². The van der Waals surface area contributed by atoms with Gasteiger partial charge in [0.15, 0.2) is 0 Å². The van der Waals surface area contributed by atoms with Crippen LogP contribution in [-0.2, 0) is 0 Å². The lowest BCUT2D eigenvalue weighted by atomic mass is 10.2. The summed E-state index contributed by atoms with van der Waals surface area (Å²) in [5, 5.41) is 4.29. The number of anilines is 3. The van der Waals surface area contributed by atoms with Gasteiger partial charge in [-0.15, -0.1) is 0 Å². The minimum atomic E-state index is 0.567. The van der Waals surface area contributed by atoms with Crippen LogP contribution in [0.15, 0.2) is 36.4 Å². The fourth-order valence-corrected chi connectivity index (χ4v) is 2.09. The summed E-state index contributed by atoms with van der Waals surface area (Å²) in [6, 6.07) is 10.6. The van der Waals surface area contributed by atoms with E-state index in [4.69, 9.17) is 33.7 Å². The molecule has 94 valence electrons. The van der Waals surface area contributed by atoms with Crippen LogP contribution < -0.4 is 15.8 Å². The quantitative estimate of drug-likeness (QED) is 0.824. The Morgan fingerprint density at radius 2 is 1.72 bits per heavy atom.